The lowest BCUT2D eigenvalue weighted by Crippen LogP contribution is -2.48. The van der Waals surface area contributed by atoms with Gasteiger partial charge in [-0.2, -0.15) is 0 Å². The van der Waals surface area contributed by atoms with Crippen LogP contribution in [0.25, 0.3) is 0 Å². The topological polar surface area (TPSA) is 105 Å². The molecule has 1 heterocycles. The second-order valence-corrected chi connectivity index (χ2v) is 6.20. The normalized spacial score (nSPS) is 16.2. The number of aliphatic carboxylic acids is 1. The van der Waals surface area contributed by atoms with Crippen molar-refractivity contribution in [2.45, 2.75) is 45.3 Å². The summed E-state index contributed by atoms with van der Waals surface area (Å²) < 4.78 is 10.0. The fourth-order valence-electron chi connectivity index (χ4n) is 2.03. The zero-order chi connectivity index (χ0) is 16.8. The smallest absolute Gasteiger partial charge is 0.410 e. The highest BCUT2D eigenvalue weighted by Crippen LogP contribution is 2.15. The van der Waals surface area contributed by atoms with E-state index in [1.807, 2.05) is 20.8 Å². The molecule has 8 heteroatoms. The Morgan fingerprint density at radius 3 is 2.27 bits per heavy atom. The summed E-state index contributed by atoms with van der Waals surface area (Å²) in [5.41, 5.74) is -0.524. The van der Waals surface area contributed by atoms with Crippen LogP contribution in [0.4, 0.5) is 4.79 Å². The van der Waals surface area contributed by atoms with Crippen molar-refractivity contribution in [1.29, 1.82) is 0 Å². The van der Waals surface area contributed by atoms with E-state index in [9.17, 15) is 14.4 Å². The lowest BCUT2D eigenvalue weighted by atomic mass is 10.1. The molecule has 0 saturated carbocycles. The third-order valence-corrected chi connectivity index (χ3v) is 2.97. The number of likely N-dealkylation sites (tertiary alicyclic amines) is 1. The molecule has 2 N–H and O–H groups in total. The minimum absolute atomic E-state index is 0.0420. The number of carbonyl (C=O) groups is 3. The van der Waals surface area contributed by atoms with Crippen molar-refractivity contribution in [2.75, 3.05) is 26.3 Å². The van der Waals surface area contributed by atoms with E-state index in [1.165, 1.54) is 0 Å². The highest BCUT2D eigenvalue weighted by atomic mass is 16.6. The average Bonchev–Trinajstić information content (AvgIpc) is 2.37. The summed E-state index contributed by atoms with van der Waals surface area (Å²) in [5, 5.41) is 11.2. The van der Waals surface area contributed by atoms with Crippen LogP contribution in [0.5, 0.6) is 0 Å². The molecule has 0 aromatic rings. The predicted molar refractivity (Wildman–Crippen MR) is 77.4 cm³/mol. The van der Waals surface area contributed by atoms with Gasteiger partial charge in [-0.25, -0.2) is 9.59 Å². The second kappa shape index (κ2) is 7.98. The molecule has 1 aliphatic rings. The first-order valence-electron chi connectivity index (χ1n) is 7.24. The second-order valence-electron chi connectivity index (χ2n) is 6.20. The average molecular weight is 316 g/mol. The summed E-state index contributed by atoms with van der Waals surface area (Å²) >= 11 is 0. The highest BCUT2D eigenvalue weighted by Gasteiger charge is 2.27. The monoisotopic (exact) mass is 316 g/mol. The number of carboxylic acids is 1. The Balaban J connectivity index is 2.26. The zero-order valence-corrected chi connectivity index (χ0v) is 13.3. The minimum Gasteiger partial charge on any atom is -0.480 e. The quantitative estimate of drug-likeness (QED) is 0.769. The lowest BCUT2D eigenvalue weighted by molar-refractivity contribution is -0.143. The number of nitrogens with zero attached hydrogens (tertiary/aromatic N) is 1. The van der Waals surface area contributed by atoms with E-state index in [2.05, 4.69) is 5.32 Å². The maximum Gasteiger partial charge on any atom is 0.410 e. The Hall–Kier alpha value is -1.83. The SMILES string of the molecule is CC(C)(C)OC(=O)N1CCC(NC(=O)COCC(=O)O)CC1. The molecule has 22 heavy (non-hydrogen) atoms. The zero-order valence-electron chi connectivity index (χ0n) is 13.3. The number of amides is 2. The molecular weight excluding hydrogens is 292 g/mol. The van der Waals surface area contributed by atoms with E-state index in [1.54, 1.807) is 4.90 Å². The number of hydrogen-bond acceptors (Lipinski definition) is 5. The molecule has 0 spiro atoms. The van der Waals surface area contributed by atoms with Crippen molar-refractivity contribution in [3.63, 3.8) is 0 Å². The van der Waals surface area contributed by atoms with E-state index >= 15 is 0 Å². The van der Waals surface area contributed by atoms with Gasteiger partial charge in [-0.3, -0.25) is 4.79 Å². The van der Waals surface area contributed by atoms with Gasteiger partial charge < -0.3 is 24.8 Å². The summed E-state index contributed by atoms with van der Waals surface area (Å²) in [6, 6.07) is -0.0420. The number of hydrogen-bond donors (Lipinski definition) is 2. The van der Waals surface area contributed by atoms with Crippen molar-refractivity contribution in [1.82, 2.24) is 10.2 Å². The van der Waals surface area contributed by atoms with Crippen LogP contribution in [-0.2, 0) is 19.1 Å². The molecule has 0 bridgehead atoms. The van der Waals surface area contributed by atoms with Gasteiger partial charge in [0.25, 0.3) is 0 Å². The summed E-state index contributed by atoms with van der Waals surface area (Å²) in [5.74, 6) is -1.46. The molecule has 2 amide bonds. The van der Waals surface area contributed by atoms with Crippen molar-refractivity contribution < 1.29 is 29.0 Å². The van der Waals surface area contributed by atoms with E-state index in [0.717, 1.165) is 0 Å². The van der Waals surface area contributed by atoms with E-state index < -0.39 is 18.2 Å². The number of piperidine rings is 1. The van der Waals surface area contributed by atoms with E-state index in [0.29, 0.717) is 25.9 Å². The van der Waals surface area contributed by atoms with E-state index in [4.69, 9.17) is 14.6 Å². The molecule has 1 saturated heterocycles. The molecule has 0 unspecified atom stereocenters. The van der Waals surface area contributed by atoms with Gasteiger partial charge in [0.1, 0.15) is 18.8 Å². The van der Waals surface area contributed by atoms with E-state index in [-0.39, 0.29) is 24.6 Å². The maximum absolute atomic E-state index is 11.9. The largest absolute Gasteiger partial charge is 0.480 e. The molecule has 1 rings (SSSR count). The fourth-order valence-corrected chi connectivity index (χ4v) is 2.03. The minimum atomic E-state index is -1.11. The fraction of sp³-hybridized carbons (Fsp3) is 0.786. The van der Waals surface area contributed by atoms with Crippen molar-refractivity contribution in [3.05, 3.63) is 0 Å². The predicted octanol–water partition coefficient (Wildman–Crippen LogP) is 0.603. The number of carboxylic acid groups (broad SMARTS) is 1. The Labute approximate surface area is 129 Å². The van der Waals surface area contributed by atoms with Crippen LogP contribution in [0.1, 0.15) is 33.6 Å². The summed E-state index contributed by atoms with van der Waals surface area (Å²) in [6.45, 7) is 5.69. The molecule has 0 aliphatic carbocycles. The summed E-state index contributed by atoms with van der Waals surface area (Å²) in [4.78, 5) is 35.3. The first-order chi connectivity index (χ1) is 10.2. The van der Waals surface area contributed by atoms with Crippen LogP contribution in [0.3, 0.4) is 0 Å². The number of carbonyl (C=O) groups excluding carboxylic acids is 2. The molecule has 1 aliphatic heterocycles. The van der Waals surface area contributed by atoms with Crippen LogP contribution < -0.4 is 5.32 Å². The van der Waals surface area contributed by atoms with Crippen LogP contribution in [0.2, 0.25) is 0 Å². The standard InChI is InChI=1S/C14H24N2O6/c1-14(2,3)22-13(20)16-6-4-10(5-7-16)15-11(17)8-21-9-12(18)19/h10H,4-9H2,1-3H3,(H,15,17)(H,18,19). The first kappa shape index (κ1) is 18.2. The highest BCUT2D eigenvalue weighted by molar-refractivity contribution is 5.78. The van der Waals surface area contributed by atoms with Crippen LogP contribution in [0.15, 0.2) is 0 Å². The van der Waals surface area contributed by atoms with Crippen molar-refractivity contribution in [2.24, 2.45) is 0 Å². The Morgan fingerprint density at radius 2 is 1.77 bits per heavy atom. The van der Waals surface area contributed by atoms with Crippen molar-refractivity contribution >= 4 is 18.0 Å². The Bertz CT molecular complexity index is 410. The van der Waals surface area contributed by atoms with Crippen molar-refractivity contribution in [3.8, 4) is 0 Å². The third-order valence-electron chi connectivity index (χ3n) is 2.97. The number of nitrogens with one attached hydrogen (secondary N) is 1. The van der Waals surface area contributed by atoms with Gasteiger partial charge in [-0.15, -0.1) is 0 Å². The van der Waals surface area contributed by atoms with Crippen LogP contribution >= 0.6 is 0 Å². The van der Waals surface area contributed by atoms with Gasteiger partial charge in [-0.1, -0.05) is 0 Å². The molecule has 0 aromatic heterocycles. The van der Waals surface area contributed by atoms with Gasteiger partial charge in [0.2, 0.25) is 5.91 Å². The number of rotatable bonds is 5. The molecule has 0 radical (unpaired) electrons. The van der Waals surface area contributed by atoms with Gasteiger partial charge in [0, 0.05) is 19.1 Å². The molecule has 126 valence electrons. The third kappa shape index (κ3) is 7.26. The summed E-state index contributed by atoms with van der Waals surface area (Å²) in [7, 11) is 0. The van der Waals surface area contributed by atoms with Gasteiger partial charge in [-0.05, 0) is 33.6 Å². The lowest BCUT2D eigenvalue weighted by Gasteiger charge is -2.33. The molecule has 1 fully saturated rings. The molecule has 0 atom stereocenters. The molecule has 8 nitrogen and oxygen atoms in total. The summed E-state index contributed by atoms with van der Waals surface area (Å²) in [6.07, 6.45) is 0.912. The molecular formula is C14H24N2O6. The van der Waals surface area contributed by atoms with Crippen LogP contribution in [0, 0.1) is 0 Å². The first-order valence-corrected chi connectivity index (χ1v) is 7.24. The van der Waals surface area contributed by atoms with Gasteiger partial charge in [0.05, 0.1) is 0 Å². The van der Waals surface area contributed by atoms with Gasteiger partial charge >= 0.3 is 12.1 Å². The van der Waals surface area contributed by atoms with Crippen LogP contribution in [-0.4, -0.2) is 65.9 Å². The number of ether oxygens (including phenoxy) is 2. The van der Waals surface area contributed by atoms with Gasteiger partial charge in [0.15, 0.2) is 0 Å². The Morgan fingerprint density at radius 1 is 1.18 bits per heavy atom. The maximum atomic E-state index is 11.9. The molecule has 0 aromatic carbocycles. The Kier molecular flexibility index (Phi) is 6.61.